The second-order valence-corrected chi connectivity index (χ2v) is 4.66. The molecular weight excluding hydrogens is 206 g/mol. The fourth-order valence-electron chi connectivity index (χ4n) is 1.30. The van der Waals surface area contributed by atoms with Crippen LogP contribution in [-0.4, -0.2) is 22.3 Å². The van der Waals surface area contributed by atoms with Crippen LogP contribution in [0, 0.1) is 13.8 Å². The predicted molar refractivity (Wildman–Crippen MR) is 66.7 cm³/mol. The highest BCUT2D eigenvalue weighted by molar-refractivity contribution is 7.99. The molecule has 15 heavy (non-hydrogen) atoms. The molecule has 0 unspecified atom stereocenters. The molecule has 0 aliphatic rings. The third-order valence-corrected chi connectivity index (χ3v) is 3.00. The first-order valence-electron chi connectivity index (χ1n) is 5.40. The van der Waals surface area contributed by atoms with Crippen LogP contribution in [0.5, 0.6) is 0 Å². The van der Waals surface area contributed by atoms with Gasteiger partial charge in [0, 0.05) is 12.1 Å². The summed E-state index contributed by atoms with van der Waals surface area (Å²) in [7, 11) is 0. The quantitative estimate of drug-likeness (QED) is 0.617. The van der Waals surface area contributed by atoms with Crippen molar-refractivity contribution in [2.45, 2.75) is 39.1 Å². The monoisotopic (exact) mass is 225 g/mol. The lowest BCUT2D eigenvalue weighted by Gasteiger charge is -2.11. The molecular formula is C11H19N3S. The molecule has 0 saturated heterocycles. The Morgan fingerprint density at radius 1 is 1.20 bits per heavy atom. The van der Waals surface area contributed by atoms with Crippen LogP contribution in [0.25, 0.3) is 0 Å². The SMILES string of the molecule is CCCNc1nc(C)nc(SCC)c1C. The average molecular weight is 225 g/mol. The van der Waals surface area contributed by atoms with Crippen molar-refractivity contribution in [3.63, 3.8) is 0 Å². The van der Waals surface area contributed by atoms with Gasteiger partial charge >= 0.3 is 0 Å². The summed E-state index contributed by atoms with van der Waals surface area (Å²) in [6, 6.07) is 0. The van der Waals surface area contributed by atoms with E-state index in [1.165, 1.54) is 5.56 Å². The molecule has 1 aromatic heterocycles. The van der Waals surface area contributed by atoms with Crippen molar-refractivity contribution < 1.29 is 0 Å². The van der Waals surface area contributed by atoms with Gasteiger partial charge in [0.2, 0.25) is 0 Å². The fourth-order valence-corrected chi connectivity index (χ4v) is 2.08. The number of thioether (sulfide) groups is 1. The normalized spacial score (nSPS) is 10.4. The molecule has 84 valence electrons. The zero-order valence-corrected chi connectivity index (χ0v) is 10.7. The molecule has 0 radical (unpaired) electrons. The zero-order valence-electron chi connectivity index (χ0n) is 9.92. The molecule has 4 heteroatoms. The highest BCUT2D eigenvalue weighted by atomic mass is 32.2. The van der Waals surface area contributed by atoms with Crippen molar-refractivity contribution >= 4 is 17.6 Å². The molecule has 0 aromatic carbocycles. The number of anilines is 1. The molecule has 0 spiro atoms. The van der Waals surface area contributed by atoms with E-state index in [2.05, 4.69) is 36.1 Å². The highest BCUT2D eigenvalue weighted by Crippen LogP contribution is 2.24. The van der Waals surface area contributed by atoms with E-state index >= 15 is 0 Å². The van der Waals surface area contributed by atoms with E-state index in [9.17, 15) is 0 Å². The maximum Gasteiger partial charge on any atom is 0.133 e. The molecule has 1 aromatic rings. The smallest absolute Gasteiger partial charge is 0.133 e. The Bertz CT molecular complexity index is 326. The van der Waals surface area contributed by atoms with Crippen LogP contribution in [-0.2, 0) is 0 Å². The van der Waals surface area contributed by atoms with Gasteiger partial charge in [-0.1, -0.05) is 13.8 Å². The molecule has 0 fully saturated rings. The van der Waals surface area contributed by atoms with Gasteiger partial charge in [-0.3, -0.25) is 0 Å². The summed E-state index contributed by atoms with van der Waals surface area (Å²) in [6.45, 7) is 9.28. The molecule has 1 heterocycles. The highest BCUT2D eigenvalue weighted by Gasteiger charge is 2.08. The average Bonchev–Trinajstić information content (AvgIpc) is 2.21. The van der Waals surface area contributed by atoms with Gasteiger partial charge in [0.15, 0.2) is 0 Å². The molecule has 1 N–H and O–H groups in total. The standard InChI is InChI=1S/C11H19N3S/c1-5-7-12-10-8(3)11(15-6-2)14-9(4)13-10/h5-7H2,1-4H3,(H,12,13,14). The molecule has 0 amide bonds. The molecule has 0 atom stereocenters. The van der Waals surface area contributed by atoms with Gasteiger partial charge < -0.3 is 5.32 Å². The summed E-state index contributed by atoms with van der Waals surface area (Å²) in [6.07, 6.45) is 1.11. The Morgan fingerprint density at radius 2 is 1.93 bits per heavy atom. The zero-order chi connectivity index (χ0) is 11.3. The fraction of sp³-hybridized carbons (Fsp3) is 0.636. The minimum atomic E-state index is 0.843. The van der Waals surface area contributed by atoms with Gasteiger partial charge in [0.05, 0.1) is 0 Å². The summed E-state index contributed by atoms with van der Waals surface area (Å²) in [5, 5.41) is 4.44. The van der Waals surface area contributed by atoms with Crippen LogP contribution in [0.3, 0.4) is 0 Å². The minimum absolute atomic E-state index is 0.843. The Kier molecular flexibility index (Phi) is 4.88. The number of hydrogen-bond acceptors (Lipinski definition) is 4. The second kappa shape index (κ2) is 5.95. The predicted octanol–water partition coefficient (Wildman–Crippen LogP) is 3.03. The van der Waals surface area contributed by atoms with E-state index in [0.717, 1.165) is 35.4 Å². The molecule has 0 bridgehead atoms. The third-order valence-electron chi connectivity index (χ3n) is 2.04. The first-order chi connectivity index (χ1) is 7.19. The van der Waals surface area contributed by atoms with Crippen molar-refractivity contribution in [2.24, 2.45) is 0 Å². The van der Waals surface area contributed by atoms with Crippen molar-refractivity contribution in [3.8, 4) is 0 Å². The van der Waals surface area contributed by atoms with Gasteiger partial charge in [0.25, 0.3) is 0 Å². The van der Waals surface area contributed by atoms with Crippen molar-refractivity contribution in [1.29, 1.82) is 0 Å². The number of nitrogens with zero attached hydrogens (tertiary/aromatic N) is 2. The molecule has 0 aliphatic heterocycles. The first-order valence-corrected chi connectivity index (χ1v) is 6.39. The van der Waals surface area contributed by atoms with Gasteiger partial charge in [0.1, 0.15) is 16.7 Å². The molecule has 0 aliphatic carbocycles. The second-order valence-electron chi connectivity index (χ2n) is 3.41. The number of aryl methyl sites for hydroxylation is 1. The number of rotatable bonds is 5. The summed E-state index contributed by atoms with van der Waals surface area (Å²) in [4.78, 5) is 8.86. The maximum atomic E-state index is 4.44. The summed E-state index contributed by atoms with van der Waals surface area (Å²) >= 11 is 1.77. The topological polar surface area (TPSA) is 37.8 Å². The third kappa shape index (κ3) is 3.38. The summed E-state index contributed by atoms with van der Waals surface area (Å²) in [5.41, 5.74) is 1.17. The van der Waals surface area contributed by atoms with Crippen LogP contribution in [0.1, 0.15) is 31.7 Å². The van der Waals surface area contributed by atoms with Crippen molar-refractivity contribution in [1.82, 2.24) is 9.97 Å². The van der Waals surface area contributed by atoms with Crippen LogP contribution < -0.4 is 5.32 Å². The maximum absolute atomic E-state index is 4.44. The lowest BCUT2D eigenvalue weighted by molar-refractivity contribution is 0.908. The Hall–Kier alpha value is -0.770. The van der Waals surface area contributed by atoms with Crippen LogP contribution >= 0.6 is 11.8 Å². The van der Waals surface area contributed by atoms with E-state index in [1.54, 1.807) is 11.8 Å². The van der Waals surface area contributed by atoms with E-state index < -0.39 is 0 Å². The lowest BCUT2D eigenvalue weighted by Crippen LogP contribution is -2.07. The van der Waals surface area contributed by atoms with Crippen LogP contribution in [0.2, 0.25) is 0 Å². The lowest BCUT2D eigenvalue weighted by atomic mass is 10.3. The summed E-state index contributed by atoms with van der Waals surface area (Å²) < 4.78 is 0. The molecule has 0 saturated carbocycles. The van der Waals surface area contributed by atoms with E-state index in [0.29, 0.717) is 0 Å². The number of aromatic nitrogens is 2. The van der Waals surface area contributed by atoms with Crippen molar-refractivity contribution in [2.75, 3.05) is 17.6 Å². The Labute approximate surface area is 96.1 Å². The molecule has 1 rings (SSSR count). The van der Waals surface area contributed by atoms with Crippen LogP contribution in [0.4, 0.5) is 5.82 Å². The Balaban J connectivity index is 2.93. The van der Waals surface area contributed by atoms with Gasteiger partial charge in [-0.15, -0.1) is 11.8 Å². The first kappa shape index (κ1) is 12.3. The molecule has 3 nitrogen and oxygen atoms in total. The van der Waals surface area contributed by atoms with E-state index in [4.69, 9.17) is 0 Å². The van der Waals surface area contributed by atoms with E-state index in [1.807, 2.05) is 6.92 Å². The Morgan fingerprint density at radius 3 is 2.53 bits per heavy atom. The largest absolute Gasteiger partial charge is 0.370 e. The number of hydrogen-bond donors (Lipinski definition) is 1. The summed E-state index contributed by atoms with van der Waals surface area (Å²) in [5.74, 6) is 2.88. The van der Waals surface area contributed by atoms with Gasteiger partial charge in [-0.05, 0) is 26.0 Å². The van der Waals surface area contributed by atoms with E-state index in [-0.39, 0.29) is 0 Å². The minimum Gasteiger partial charge on any atom is -0.370 e. The van der Waals surface area contributed by atoms with Gasteiger partial charge in [-0.25, -0.2) is 9.97 Å². The van der Waals surface area contributed by atoms with Gasteiger partial charge in [-0.2, -0.15) is 0 Å². The number of nitrogens with one attached hydrogen (secondary N) is 1. The van der Waals surface area contributed by atoms with Crippen molar-refractivity contribution in [3.05, 3.63) is 11.4 Å². The van der Waals surface area contributed by atoms with Crippen LogP contribution in [0.15, 0.2) is 5.03 Å².